The van der Waals surface area contributed by atoms with Crippen LogP contribution >= 0.6 is 22.9 Å². The van der Waals surface area contributed by atoms with E-state index in [0.717, 1.165) is 27.6 Å². The molecule has 4 heteroatoms. The smallest absolute Gasteiger partial charge is 0.114 e. The Morgan fingerprint density at radius 2 is 1.95 bits per heavy atom. The lowest BCUT2D eigenvalue weighted by Crippen LogP contribution is -1.97. The second-order valence-corrected chi connectivity index (χ2v) is 6.22. The van der Waals surface area contributed by atoms with Crippen LogP contribution in [0.2, 0.25) is 5.02 Å². The summed E-state index contributed by atoms with van der Waals surface area (Å²) >= 11 is 8.05. The molecule has 0 amide bonds. The Morgan fingerprint density at radius 1 is 1.05 bits per heavy atom. The molecule has 0 spiro atoms. The van der Waals surface area contributed by atoms with Crippen LogP contribution in [0.15, 0.2) is 54.7 Å². The van der Waals surface area contributed by atoms with Gasteiger partial charge in [-0.25, -0.2) is 4.98 Å². The fourth-order valence-electron chi connectivity index (χ4n) is 2.48. The van der Waals surface area contributed by atoms with Crippen LogP contribution in [0, 0.1) is 0 Å². The number of hydrogen-bond acceptors (Lipinski definition) is 2. The van der Waals surface area contributed by atoms with E-state index in [1.165, 1.54) is 10.1 Å². The van der Waals surface area contributed by atoms with Gasteiger partial charge in [-0.15, -0.1) is 11.3 Å². The first kappa shape index (κ1) is 11.9. The highest BCUT2D eigenvalue weighted by atomic mass is 35.5. The molecule has 4 rings (SSSR count). The van der Waals surface area contributed by atoms with Crippen LogP contribution in [0.3, 0.4) is 0 Å². The summed E-state index contributed by atoms with van der Waals surface area (Å²) in [6.45, 7) is 0.757. The van der Waals surface area contributed by atoms with Gasteiger partial charge in [0.05, 0.1) is 27.3 Å². The van der Waals surface area contributed by atoms with E-state index in [4.69, 9.17) is 11.6 Å². The lowest BCUT2D eigenvalue weighted by molar-refractivity contribution is 0.831. The Hall–Kier alpha value is -1.84. The predicted octanol–water partition coefficient (Wildman–Crippen LogP) is 4.95. The molecule has 0 fully saturated rings. The minimum Gasteiger partial charge on any atom is -0.339 e. The molecule has 98 valence electrons. The Kier molecular flexibility index (Phi) is 2.76. The average Bonchev–Trinajstić information content (AvgIpc) is 3.03. The van der Waals surface area contributed by atoms with Crippen molar-refractivity contribution in [2.45, 2.75) is 6.54 Å². The molecule has 0 aliphatic heterocycles. The molecule has 0 bridgehead atoms. The van der Waals surface area contributed by atoms with E-state index in [-0.39, 0.29) is 0 Å². The SMILES string of the molecule is Clc1cccc2ccn(Cc3nc4ccccc4s3)c12. The Bertz CT molecular complexity index is 874. The lowest BCUT2D eigenvalue weighted by atomic mass is 10.2. The van der Waals surface area contributed by atoms with E-state index in [9.17, 15) is 0 Å². The third-order valence-corrected chi connectivity index (χ3v) is 4.71. The maximum atomic E-state index is 6.31. The van der Waals surface area contributed by atoms with Crippen LogP contribution in [-0.2, 0) is 6.54 Å². The van der Waals surface area contributed by atoms with Gasteiger partial charge in [0.15, 0.2) is 0 Å². The fraction of sp³-hybridized carbons (Fsp3) is 0.0625. The van der Waals surface area contributed by atoms with Crippen LogP contribution in [0.25, 0.3) is 21.1 Å². The number of thiazole rings is 1. The minimum absolute atomic E-state index is 0.757. The summed E-state index contributed by atoms with van der Waals surface area (Å²) in [7, 11) is 0. The number of benzene rings is 2. The molecule has 2 nitrogen and oxygen atoms in total. The zero-order valence-electron chi connectivity index (χ0n) is 10.6. The van der Waals surface area contributed by atoms with Crippen molar-refractivity contribution in [2.75, 3.05) is 0 Å². The van der Waals surface area contributed by atoms with Crippen molar-refractivity contribution in [3.8, 4) is 0 Å². The lowest BCUT2D eigenvalue weighted by Gasteiger charge is -2.04. The van der Waals surface area contributed by atoms with E-state index >= 15 is 0 Å². The molecule has 2 aromatic carbocycles. The number of fused-ring (bicyclic) bond motifs is 2. The van der Waals surface area contributed by atoms with E-state index in [1.54, 1.807) is 11.3 Å². The largest absolute Gasteiger partial charge is 0.339 e. The first-order chi connectivity index (χ1) is 9.81. The van der Waals surface area contributed by atoms with Gasteiger partial charge >= 0.3 is 0 Å². The van der Waals surface area contributed by atoms with Gasteiger partial charge in [-0.3, -0.25) is 0 Å². The number of nitrogens with zero attached hydrogens (tertiary/aromatic N) is 2. The van der Waals surface area contributed by atoms with Gasteiger partial charge in [-0.05, 0) is 24.3 Å². The second-order valence-electron chi connectivity index (χ2n) is 4.70. The molecule has 20 heavy (non-hydrogen) atoms. The summed E-state index contributed by atoms with van der Waals surface area (Å²) in [5.41, 5.74) is 2.14. The molecule has 0 saturated heterocycles. The molecule has 2 aromatic heterocycles. The predicted molar refractivity (Wildman–Crippen MR) is 85.7 cm³/mol. The maximum absolute atomic E-state index is 6.31. The normalized spacial score (nSPS) is 11.4. The molecule has 4 aromatic rings. The average molecular weight is 299 g/mol. The van der Waals surface area contributed by atoms with Crippen molar-refractivity contribution in [3.05, 3.63) is 64.8 Å². The van der Waals surface area contributed by atoms with Gasteiger partial charge in [0.1, 0.15) is 5.01 Å². The van der Waals surface area contributed by atoms with Crippen LogP contribution < -0.4 is 0 Å². The maximum Gasteiger partial charge on any atom is 0.114 e. The summed E-state index contributed by atoms with van der Waals surface area (Å²) in [5, 5.41) is 3.05. The standard InChI is InChI=1S/C16H11ClN2S/c17-12-5-3-4-11-8-9-19(16(11)12)10-15-18-13-6-1-2-7-14(13)20-15/h1-9H,10H2. The molecular weight excluding hydrogens is 288 g/mol. The molecule has 0 aliphatic rings. The quantitative estimate of drug-likeness (QED) is 0.512. The van der Waals surface area contributed by atoms with E-state index < -0.39 is 0 Å². The summed E-state index contributed by atoms with van der Waals surface area (Å²) in [4.78, 5) is 4.68. The van der Waals surface area contributed by atoms with Crippen LogP contribution in [0.4, 0.5) is 0 Å². The molecule has 0 unspecified atom stereocenters. The van der Waals surface area contributed by atoms with E-state index in [0.29, 0.717) is 0 Å². The van der Waals surface area contributed by atoms with Crippen LogP contribution in [0.1, 0.15) is 5.01 Å². The Morgan fingerprint density at radius 3 is 2.85 bits per heavy atom. The molecular formula is C16H11ClN2S. The number of hydrogen-bond donors (Lipinski definition) is 0. The summed E-state index contributed by atoms with van der Waals surface area (Å²) in [6.07, 6.45) is 2.07. The number of para-hydroxylation sites is 2. The number of aromatic nitrogens is 2. The first-order valence-corrected chi connectivity index (χ1v) is 7.58. The molecule has 0 saturated carbocycles. The highest BCUT2D eigenvalue weighted by Gasteiger charge is 2.08. The third-order valence-electron chi connectivity index (χ3n) is 3.38. The van der Waals surface area contributed by atoms with Gasteiger partial charge in [0.2, 0.25) is 0 Å². The zero-order valence-corrected chi connectivity index (χ0v) is 12.2. The van der Waals surface area contributed by atoms with Gasteiger partial charge in [-0.1, -0.05) is 35.9 Å². The van der Waals surface area contributed by atoms with Crippen LogP contribution in [0.5, 0.6) is 0 Å². The molecule has 0 atom stereocenters. The fourth-order valence-corrected chi connectivity index (χ4v) is 3.74. The van der Waals surface area contributed by atoms with Crippen molar-refractivity contribution < 1.29 is 0 Å². The van der Waals surface area contributed by atoms with Crippen molar-refractivity contribution in [1.82, 2.24) is 9.55 Å². The topological polar surface area (TPSA) is 17.8 Å². The van der Waals surface area contributed by atoms with Gasteiger partial charge in [0.25, 0.3) is 0 Å². The van der Waals surface area contributed by atoms with E-state index in [1.807, 2.05) is 24.3 Å². The summed E-state index contributed by atoms with van der Waals surface area (Å²) < 4.78 is 3.39. The first-order valence-electron chi connectivity index (χ1n) is 6.39. The third kappa shape index (κ3) is 1.90. The highest BCUT2D eigenvalue weighted by molar-refractivity contribution is 7.18. The number of halogens is 1. The zero-order chi connectivity index (χ0) is 13.5. The molecule has 0 aliphatic carbocycles. The van der Waals surface area contributed by atoms with Crippen molar-refractivity contribution >= 4 is 44.1 Å². The highest BCUT2D eigenvalue weighted by Crippen LogP contribution is 2.27. The van der Waals surface area contributed by atoms with Gasteiger partial charge < -0.3 is 4.57 Å². The van der Waals surface area contributed by atoms with Crippen LogP contribution in [-0.4, -0.2) is 9.55 Å². The summed E-state index contributed by atoms with van der Waals surface area (Å²) in [6, 6.07) is 16.3. The summed E-state index contributed by atoms with van der Waals surface area (Å²) in [5.74, 6) is 0. The minimum atomic E-state index is 0.757. The monoisotopic (exact) mass is 298 g/mol. The molecule has 2 heterocycles. The Labute approximate surface area is 125 Å². The molecule has 0 radical (unpaired) electrons. The van der Waals surface area contributed by atoms with Gasteiger partial charge in [-0.2, -0.15) is 0 Å². The van der Waals surface area contributed by atoms with Crippen molar-refractivity contribution in [2.24, 2.45) is 0 Å². The molecule has 0 N–H and O–H groups in total. The van der Waals surface area contributed by atoms with Crippen molar-refractivity contribution in [3.63, 3.8) is 0 Å². The van der Waals surface area contributed by atoms with Gasteiger partial charge in [0, 0.05) is 11.6 Å². The number of rotatable bonds is 2. The Balaban J connectivity index is 1.80. The second kappa shape index (κ2) is 4.62. The van der Waals surface area contributed by atoms with Crippen molar-refractivity contribution in [1.29, 1.82) is 0 Å². The van der Waals surface area contributed by atoms with E-state index in [2.05, 4.69) is 40.0 Å².